The normalized spacial score (nSPS) is 12.8. The predicted octanol–water partition coefficient (Wildman–Crippen LogP) is 5.33. The molecule has 1 heterocycles. The standard InChI is InChI=1S/C17H12F6N2/c18-16(19,20)12-4-11(5-13(7-12)17(21,22)23)15-6-10-3-9(8-24)1-2-14(10)25-15/h1-7,25H,8,24H2. The second kappa shape index (κ2) is 5.80. The largest absolute Gasteiger partial charge is 0.416 e. The Bertz CT molecular complexity index is 889. The van der Waals surface area contributed by atoms with E-state index in [0.29, 0.717) is 23.0 Å². The van der Waals surface area contributed by atoms with E-state index in [9.17, 15) is 26.3 Å². The summed E-state index contributed by atoms with van der Waals surface area (Å²) in [7, 11) is 0. The number of rotatable bonds is 2. The molecule has 0 fully saturated rings. The maximum atomic E-state index is 13.0. The van der Waals surface area contributed by atoms with Crippen LogP contribution in [0.5, 0.6) is 0 Å². The monoisotopic (exact) mass is 358 g/mol. The molecule has 0 atom stereocenters. The first-order valence-corrected chi connectivity index (χ1v) is 7.19. The van der Waals surface area contributed by atoms with E-state index in [4.69, 9.17) is 5.73 Å². The Morgan fingerprint density at radius 3 is 1.92 bits per heavy atom. The third-order valence-corrected chi connectivity index (χ3v) is 3.82. The number of aromatic nitrogens is 1. The first-order chi connectivity index (χ1) is 11.6. The van der Waals surface area contributed by atoms with Gasteiger partial charge in [0.15, 0.2) is 0 Å². The summed E-state index contributed by atoms with van der Waals surface area (Å²) in [5, 5.41) is 0.656. The smallest absolute Gasteiger partial charge is 0.355 e. The Hall–Kier alpha value is -2.48. The van der Waals surface area contributed by atoms with E-state index in [1.54, 1.807) is 18.2 Å². The van der Waals surface area contributed by atoms with Crippen molar-refractivity contribution in [3.05, 3.63) is 59.2 Å². The van der Waals surface area contributed by atoms with Gasteiger partial charge in [-0.1, -0.05) is 6.07 Å². The van der Waals surface area contributed by atoms with E-state index < -0.39 is 23.5 Å². The molecule has 2 aromatic carbocycles. The molecule has 0 aliphatic rings. The SMILES string of the molecule is NCc1ccc2[nH]c(-c3cc(C(F)(F)F)cc(C(F)(F)F)c3)cc2c1. The fourth-order valence-corrected chi connectivity index (χ4v) is 2.58. The maximum absolute atomic E-state index is 13.0. The molecule has 2 nitrogen and oxygen atoms in total. The number of nitrogens with two attached hydrogens (primary N) is 1. The van der Waals surface area contributed by atoms with Crippen LogP contribution in [0.15, 0.2) is 42.5 Å². The summed E-state index contributed by atoms with van der Waals surface area (Å²) >= 11 is 0. The lowest BCUT2D eigenvalue weighted by Crippen LogP contribution is -2.11. The summed E-state index contributed by atoms with van der Waals surface area (Å²) in [6.45, 7) is 0.276. The number of alkyl halides is 6. The molecule has 0 amide bonds. The van der Waals surface area contributed by atoms with Crippen molar-refractivity contribution in [2.45, 2.75) is 18.9 Å². The van der Waals surface area contributed by atoms with E-state index in [1.807, 2.05) is 0 Å². The molecule has 0 radical (unpaired) electrons. The molecule has 0 unspecified atom stereocenters. The lowest BCUT2D eigenvalue weighted by Gasteiger charge is -2.13. The highest BCUT2D eigenvalue weighted by molar-refractivity contribution is 5.86. The molecular weight excluding hydrogens is 346 g/mol. The highest BCUT2D eigenvalue weighted by Gasteiger charge is 2.37. The van der Waals surface area contributed by atoms with Crippen LogP contribution in [0, 0.1) is 0 Å². The van der Waals surface area contributed by atoms with E-state index in [2.05, 4.69) is 4.98 Å². The van der Waals surface area contributed by atoms with Gasteiger partial charge in [0.05, 0.1) is 11.1 Å². The van der Waals surface area contributed by atoms with Crippen molar-refractivity contribution in [1.82, 2.24) is 4.98 Å². The minimum atomic E-state index is -4.88. The lowest BCUT2D eigenvalue weighted by molar-refractivity contribution is -0.143. The van der Waals surface area contributed by atoms with Gasteiger partial charge in [0, 0.05) is 23.1 Å². The predicted molar refractivity (Wildman–Crippen MR) is 81.6 cm³/mol. The number of benzene rings is 2. The van der Waals surface area contributed by atoms with Crippen molar-refractivity contribution in [3.8, 4) is 11.3 Å². The van der Waals surface area contributed by atoms with Crippen molar-refractivity contribution >= 4 is 10.9 Å². The summed E-state index contributed by atoms with van der Waals surface area (Å²) in [5.74, 6) is 0. The topological polar surface area (TPSA) is 41.8 Å². The Balaban J connectivity index is 2.18. The fourth-order valence-electron chi connectivity index (χ4n) is 2.58. The molecule has 0 aliphatic carbocycles. The number of halogens is 6. The van der Waals surface area contributed by atoms with Crippen LogP contribution in [-0.2, 0) is 18.9 Å². The van der Waals surface area contributed by atoms with Crippen LogP contribution in [0.1, 0.15) is 16.7 Å². The number of aromatic amines is 1. The minimum Gasteiger partial charge on any atom is -0.355 e. The lowest BCUT2D eigenvalue weighted by atomic mass is 10.0. The number of hydrogen-bond donors (Lipinski definition) is 2. The Kier molecular flexibility index (Phi) is 4.03. The average molecular weight is 358 g/mol. The van der Waals surface area contributed by atoms with Crippen LogP contribution < -0.4 is 5.73 Å². The van der Waals surface area contributed by atoms with Crippen LogP contribution in [0.2, 0.25) is 0 Å². The number of nitrogens with one attached hydrogen (secondary N) is 1. The van der Waals surface area contributed by atoms with Crippen molar-refractivity contribution in [1.29, 1.82) is 0 Å². The molecule has 1 aromatic heterocycles. The third kappa shape index (κ3) is 3.48. The van der Waals surface area contributed by atoms with Crippen molar-refractivity contribution in [2.75, 3.05) is 0 Å². The quantitative estimate of drug-likeness (QED) is 0.597. The van der Waals surface area contributed by atoms with Gasteiger partial charge in [0.25, 0.3) is 0 Å². The van der Waals surface area contributed by atoms with Crippen molar-refractivity contribution < 1.29 is 26.3 Å². The first kappa shape index (κ1) is 17.3. The maximum Gasteiger partial charge on any atom is 0.416 e. The second-order valence-electron chi connectivity index (χ2n) is 5.60. The van der Waals surface area contributed by atoms with Gasteiger partial charge in [0.1, 0.15) is 0 Å². The van der Waals surface area contributed by atoms with E-state index in [1.165, 1.54) is 6.07 Å². The van der Waals surface area contributed by atoms with Gasteiger partial charge in [-0.3, -0.25) is 0 Å². The van der Waals surface area contributed by atoms with Gasteiger partial charge < -0.3 is 10.7 Å². The molecule has 3 aromatic rings. The van der Waals surface area contributed by atoms with Gasteiger partial charge in [-0.25, -0.2) is 0 Å². The molecule has 132 valence electrons. The van der Waals surface area contributed by atoms with Gasteiger partial charge in [-0.05, 0) is 47.5 Å². The van der Waals surface area contributed by atoms with E-state index >= 15 is 0 Å². The number of hydrogen-bond acceptors (Lipinski definition) is 1. The van der Waals surface area contributed by atoms with Crippen LogP contribution in [0.25, 0.3) is 22.2 Å². The summed E-state index contributed by atoms with van der Waals surface area (Å²) < 4.78 is 77.8. The van der Waals surface area contributed by atoms with Crippen LogP contribution in [0.4, 0.5) is 26.3 Å². The molecule has 0 spiro atoms. The molecule has 3 N–H and O–H groups in total. The fraction of sp³-hybridized carbons (Fsp3) is 0.176. The number of H-pyrrole nitrogens is 1. The Morgan fingerprint density at radius 1 is 0.800 bits per heavy atom. The zero-order valence-electron chi connectivity index (χ0n) is 12.6. The zero-order valence-corrected chi connectivity index (χ0v) is 12.6. The van der Waals surface area contributed by atoms with Crippen LogP contribution in [0.3, 0.4) is 0 Å². The molecule has 0 bridgehead atoms. The van der Waals surface area contributed by atoms with Gasteiger partial charge in [0.2, 0.25) is 0 Å². The molecular formula is C17H12F6N2. The minimum absolute atomic E-state index is 0.110. The average Bonchev–Trinajstić information content (AvgIpc) is 2.95. The highest BCUT2D eigenvalue weighted by atomic mass is 19.4. The molecule has 8 heteroatoms. The Labute approximate surface area is 138 Å². The summed E-state index contributed by atoms with van der Waals surface area (Å²) in [6, 6.07) is 8.15. The van der Waals surface area contributed by atoms with E-state index in [0.717, 1.165) is 5.56 Å². The third-order valence-electron chi connectivity index (χ3n) is 3.82. The van der Waals surface area contributed by atoms with Crippen molar-refractivity contribution in [2.24, 2.45) is 5.73 Å². The molecule has 0 aliphatic heterocycles. The summed E-state index contributed by atoms with van der Waals surface area (Å²) in [4.78, 5) is 2.84. The van der Waals surface area contributed by atoms with Gasteiger partial charge in [-0.2, -0.15) is 26.3 Å². The summed E-state index contributed by atoms with van der Waals surface area (Å²) in [6.07, 6.45) is -9.76. The summed E-state index contributed by atoms with van der Waals surface area (Å²) in [5.41, 5.74) is 4.22. The van der Waals surface area contributed by atoms with E-state index in [-0.39, 0.29) is 23.9 Å². The molecule has 3 rings (SSSR count). The highest BCUT2D eigenvalue weighted by Crippen LogP contribution is 2.39. The van der Waals surface area contributed by atoms with Crippen molar-refractivity contribution in [3.63, 3.8) is 0 Å². The molecule has 25 heavy (non-hydrogen) atoms. The van der Waals surface area contributed by atoms with Gasteiger partial charge in [-0.15, -0.1) is 0 Å². The molecule has 0 saturated heterocycles. The van der Waals surface area contributed by atoms with Gasteiger partial charge >= 0.3 is 12.4 Å². The first-order valence-electron chi connectivity index (χ1n) is 7.19. The molecule has 0 saturated carbocycles. The number of fused-ring (bicyclic) bond motifs is 1. The zero-order chi connectivity index (χ0) is 18.4. The Morgan fingerprint density at radius 2 is 1.40 bits per heavy atom. The second-order valence-corrected chi connectivity index (χ2v) is 5.60. The van der Waals surface area contributed by atoms with Crippen LogP contribution in [-0.4, -0.2) is 4.98 Å². The van der Waals surface area contributed by atoms with Crippen LogP contribution >= 0.6 is 0 Å².